The second kappa shape index (κ2) is 9.04. The first-order valence-electron chi connectivity index (χ1n) is 6.69. The van der Waals surface area contributed by atoms with Crippen molar-refractivity contribution in [2.24, 2.45) is 4.99 Å². The van der Waals surface area contributed by atoms with E-state index in [0.717, 1.165) is 15.4 Å². The maximum absolute atomic E-state index is 13.2. The fourth-order valence-corrected chi connectivity index (χ4v) is 2.62. The molecular weight excluding hydrogens is 414 g/mol. The number of thiazole rings is 1. The minimum atomic E-state index is -0.179. The van der Waals surface area contributed by atoms with Crippen LogP contribution in [0.2, 0.25) is 0 Å². The number of aromatic nitrogens is 1. The number of benzene rings is 1. The number of aryl methyl sites for hydroxylation is 2. The SMILES string of the molecule is CN=C(NCc1ccc(F)c(C)c1)NCc1cnc(C)s1.I. The highest BCUT2D eigenvalue weighted by atomic mass is 127. The molecule has 0 unspecified atom stereocenters. The number of hydrogen-bond donors (Lipinski definition) is 2. The first-order valence-corrected chi connectivity index (χ1v) is 7.51. The van der Waals surface area contributed by atoms with Crippen LogP contribution in [0.25, 0.3) is 0 Å². The molecule has 22 heavy (non-hydrogen) atoms. The number of aliphatic imine (C=N–C) groups is 1. The van der Waals surface area contributed by atoms with Gasteiger partial charge in [-0.05, 0) is 31.0 Å². The van der Waals surface area contributed by atoms with E-state index in [1.54, 1.807) is 31.4 Å². The Morgan fingerprint density at radius 3 is 2.59 bits per heavy atom. The van der Waals surface area contributed by atoms with Gasteiger partial charge in [0.05, 0.1) is 11.6 Å². The molecule has 0 bridgehead atoms. The maximum atomic E-state index is 13.2. The molecule has 0 fully saturated rings. The molecule has 0 radical (unpaired) electrons. The Morgan fingerprint density at radius 2 is 2.00 bits per heavy atom. The molecular formula is C15H20FIN4S. The van der Waals surface area contributed by atoms with Gasteiger partial charge in [-0.3, -0.25) is 4.99 Å². The highest BCUT2D eigenvalue weighted by molar-refractivity contribution is 14.0. The zero-order valence-corrected chi connectivity index (χ0v) is 16.0. The highest BCUT2D eigenvalue weighted by Crippen LogP contribution is 2.11. The Kier molecular flexibility index (Phi) is 7.74. The predicted octanol–water partition coefficient (Wildman–Crippen LogP) is 3.38. The summed E-state index contributed by atoms with van der Waals surface area (Å²) in [5.74, 6) is 0.532. The van der Waals surface area contributed by atoms with Gasteiger partial charge in [-0.15, -0.1) is 35.3 Å². The molecule has 1 aromatic carbocycles. The molecule has 0 spiro atoms. The maximum Gasteiger partial charge on any atom is 0.191 e. The lowest BCUT2D eigenvalue weighted by atomic mass is 10.1. The van der Waals surface area contributed by atoms with Gasteiger partial charge in [0, 0.05) is 24.7 Å². The highest BCUT2D eigenvalue weighted by Gasteiger charge is 2.03. The van der Waals surface area contributed by atoms with Crippen molar-refractivity contribution >= 4 is 41.3 Å². The number of guanidine groups is 1. The molecule has 4 nitrogen and oxygen atoms in total. The molecule has 2 aromatic rings. The largest absolute Gasteiger partial charge is 0.352 e. The minimum absolute atomic E-state index is 0. The van der Waals surface area contributed by atoms with E-state index in [4.69, 9.17) is 0 Å². The Morgan fingerprint density at radius 1 is 1.27 bits per heavy atom. The summed E-state index contributed by atoms with van der Waals surface area (Å²) in [6, 6.07) is 5.10. The van der Waals surface area contributed by atoms with Crippen LogP contribution in [0.4, 0.5) is 4.39 Å². The van der Waals surface area contributed by atoms with E-state index in [1.807, 2.05) is 19.2 Å². The summed E-state index contributed by atoms with van der Waals surface area (Å²) in [6.45, 7) is 5.03. The standard InChI is InChI=1S/C15H19FN4S.HI/c1-10-6-12(4-5-14(10)16)7-19-15(17-3)20-9-13-8-18-11(2)21-13;/h4-6,8H,7,9H2,1-3H3,(H2,17,19,20);1H. The third-order valence-electron chi connectivity index (χ3n) is 3.01. The van der Waals surface area contributed by atoms with Crippen LogP contribution in [0.1, 0.15) is 21.0 Å². The Balaban J connectivity index is 0.00000242. The molecule has 7 heteroatoms. The number of nitrogens with one attached hydrogen (secondary N) is 2. The van der Waals surface area contributed by atoms with E-state index in [9.17, 15) is 4.39 Å². The zero-order chi connectivity index (χ0) is 15.2. The van der Waals surface area contributed by atoms with Gasteiger partial charge >= 0.3 is 0 Å². The summed E-state index contributed by atoms with van der Waals surface area (Å²) < 4.78 is 13.2. The van der Waals surface area contributed by atoms with Gasteiger partial charge in [0.2, 0.25) is 0 Å². The average molecular weight is 434 g/mol. The van der Waals surface area contributed by atoms with E-state index in [0.29, 0.717) is 24.6 Å². The Labute approximate surface area is 151 Å². The molecule has 0 aliphatic carbocycles. The molecule has 0 amide bonds. The molecule has 0 atom stereocenters. The first kappa shape index (κ1) is 18.8. The number of nitrogens with zero attached hydrogens (tertiary/aromatic N) is 2. The molecule has 0 aliphatic rings. The summed E-state index contributed by atoms with van der Waals surface area (Å²) in [5.41, 5.74) is 1.67. The minimum Gasteiger partial charge on any atom is -0.352 e. The van der Waals surface area contributed by atoms with Gasteiger partial charge < -0.3 is 10.6 Å². The molecule has 0 aliphatic heterocycles. The van der Waals surface area contributed by atoms with Crippen molar-refractivity contribution < 1.29 is 4.39 Å². The molecule has 0 saturated heterocycles. The molecule has 1 aromatic heterocycles. The molecule has 2 rings (SSSR count). The smallest absolute Gasteiger partial charge is 0.191 e. The number of hydrogen-bond acceptors (Lipinski definition) is 3. The van der Waals surface area contributed by atoms with Crippen molar-refractivity contribution in [1.29, 1.82) is 0 Å². The lowest BCUT2D eigenvalue weighted by Gasteiger charge is -2.11. The summed E-state index contributed by atoms with van der Waals surface area (Å²) >= 11 is 1.66. The van der Waals surface area contributed by atoms with Crippen LogP contribution in [0.15, 0.2) is 29.4 Å². The molecule has 1 heterocycles. The fraction of sp³-hybridized carbons (Fsp3) is 0.333. The van der Waals surface area contributed by atoms with E-state index in [-0.39, 0.29) is 29.8 Å². The quantitative estimate of drug-likeness (QED) is 0.441. The van der Waals surface area contributed by atoms with Gasteiger partial charge in [0.1, 0.15) is 5.82 Å². The predicted molar refractivity (Wildman–Crippen MR) is 100 cm³/mol. The van der Waals surface area contributed by atoms with Crippen LogP contribution in [-0.4, -0.2) is 18.0 Å². The van der Waals surface area contributed by atoms with Crippen molar-refractivity contribution in [2.75, 3.05) is 7.05 Å². The molecule has 2 N–H and O–H groups in total. The van der Waals surface area contributed by atoms with E-state index >= 15 is 0 Å². The lowest BCUT2D eigenvalue weighted by Crippen LogP contribution is -2.36. The summed E-state index contributed by atoms with van der Waals surface area (Å²) in [5, 5.41) is 7.49. The number of halogens is 2. The topological polar surface area (TPSA) is 49.3 Å². The van der Waals surface area contributed by atoms with Crippen LogP contribution in [0.5, 0.6) is 0 Å². The van der Waals surface area contributed by atoms with E-state index in [2.05, 4.69) is 20.6 Å². The van der Waals surface area contributed by atoms with Gasteiger partial charge in [-0.2, -0.15) is 0 Å². The zero-order valence-electron chi connectivity index (χ0n) is 12.8. The normalized spacial score (nSPS) is 11.0. The molecule has 120 valence electrons. The summed E-state index contributed by atoms with van der Waals surface area (Å²) in [7, 11) is 1.73. The van der Waals surface area contributed by atoms with Crippen LogP contribution < -0.4 is 10.6 Å². The van der Waals surface area contributed by atoms with Crippen molar-refractivity contribution in [3.05, 3.63) is 51.2 Å². The Bertz CT molecular complexity index is 642. The Hall–Kier alpha value is -1.22. The lowest BCUT2D eigenvalue weighted by molar-refractivity contribution is 0.617. The van der Waals surface area contributed by atoms with Crippen LogP contribution >= 0.6 is 35.3 Å². The summed E-state index contributed by atoms with van der Waals surface area (Å²) in [4.78, 5) is 9.54. The average Bonchev–Trinajstić information content (AvgIpc) is 2.88. The van der Waals surface area contributed by atoms with Crippen LogP contribution in [0, 0.1) is 19.7 Å². The van der Waals surface area contributed by atoms with Gasteiger partial charge in [0.15, 0.2) is 5.96 Å². The second-order valence-corrected chi connectivity index (χ2v) is 6.03. The van der Waals surface area contributed by atoms with Crippen molar-refractivity contribution in [2.45, 2.75) is 26.9 Å². The van der Waals surface area contributed by atoms with E-state index in [1.165, 1.54) is 6.07 Å². The second-order valence-electron chi connectivity index (χ2n) is 4.71. The summed E-state index contributed by atoms with van der Waals surface area (Å²) in [6.07, 6.45) is 1.86. The van der Waals surface area contributed by atoms with E-state index < -0.39 is 0 Å². The number of rotatable bonds is 4. The van der Waals surface area contributed by atoms with Gasteiger partial charge in [-0.25, -0.2) is 9.37 Å². The van der Waals surface area contributed by atoms with Crippen molar-refractivity contribution in [3.63, 3.8) is 0 Å². The van der Waals surface area contributed by atoms with Crippen LogP contribution in [0.3, 0.4) is 0 Å². The van der Waals surface area contributed by atoms with Crippen molar-refractivity contribution in [1.82, 2.24) is 15.6 Å². The van der Waals surface area contributed by atoms with Crippen molar-refractivity contribution in [3.8, 4) is 0 Å². The third kappa shape index (κ3) is 5.53. The fourth-order valence-electron chi connectivity index (χ4n) is 1.88. The monoisotopic (exact) mass is 434 g/mol. The third-order valence-corrected chi connectivity index (χ3v) is 3.92. The van der Waals surface area contributed by atoms with Crippen LogP contribution in [-0.2, 0) is 13.1 Å². The first-order chi connectivity index (χ1) is 10.1. The van der Waals surface area contributed by atoms with Gasteiger partial charge in [0.25, 0.3) is 0 Å². The molecule has 0 saturated carbocycles. The van der Waals surface area contributed by atoms with Gasteiger partial charge in [-0.1, -0.05) is 12.1 Å².